The van der Waals surface area contributed by atoms with Crippen LogP contribution in [0.15, 0.2) is 49.1 Å². The van der Waals surface area contributed by atoms with Gasteiger partial charge in [0.15, 0.2) is 5.82 Å². The van der Waals surface area contributed by atoms with E-state index < -0.39 is 11.7 Å². The summed E-state index contributed by atoms with van der Waals surface area (Å²) in [5.74, 6) is -1.18. The third-order valence-electron chi connectivity index (χ3n) is 3.68. The standard InChI is InChI=1S/C18H16FN5O2/c1-11-3-4-13(7-16(11)22-12(2)25)18(26)23-14-5-6-17(15(19)8-14)24-10-20-9-21-24/h3-10H,1-2H3,(H,22,25)(H,23,26). The number of rotatable bonds is 4. The van der Waals surface area contributed by atoms with E-state index in [9.17, 15) is 14.0 Å². The lowest BCUT2D eigenvalue weighted by molar-refractivity contribution is -0.114. The van der Waals surface area contributed by atoms with Crippen molar-refractivity contribution in [2.45, 2.75) is 13.8 Å². The monoisotopic (exact) mass is 353 g/mol. The maximum Gasteiger partial charge on any atom is 0.255 e. The lowest BCUT2D eigenvalue weighted by Crippen LogP contribution is -2.14. The zero-order chi connectivity index (χ0) is 18.7. The van der Waals surface area contributed by atoms with Crippen LogP contribution >= 0.6 is 0 Å². The van der Waals surface area contributed by atoms with Gasteiger partial charge in [0.05, 0.1) is 0 Å². The number of benzene rings is 2. The quantitative estimate of drug-likeness (QED) is 0.755. The van der Waals surface area contributed by atoms with Gasteiger partial charge >= 0.3 is 0 Å². The molecule has 0 bridgehead atoms. The van der Waals surface area contributed by atoms with E-state index in [1.54, 1.807) is 24.3 Å². The van der Waals surface area contributed by atoms with Gasteiger partial charge in [0.25, 0.3) is 5.91 Å². The van der Waals surface area contributed by atoms with Crippen LogP contribution in [-0.2, 0) is 4.79 Å². The highest BCUT2D eigenvalue weighted by Gasteiger charge is 2.12. The molecule has 0 atom stereocenters. The number of hydrogen-bond acceptors (Lipinski definition) is 4. The average molecular weight is 353 g/mol. The first kappa shape index (κ1) is 17.3. The molecule has 0 saturated carbocycles. The highest BCUT2D eigenvalue weighted by atomic mass is 19.1. The number of halogens is 1. The van der Waals surface area contributed by atoms with Crippen molar-refractivity contribution in [1.29, 1.82) is 0 Å². The number of aromatic nitrogens is 3. The molecular formula is C18H16FN5O2. The lowest BCUT2D eigenvalue weighted by atomic mass is 10.1. The largest absolute Gasteiger partial charge is 0.326 e. The molecule has 3 aromatic rings. The molecule has 0 aliphatic rings. The van der Waals surface area contributed by atoms with Gasteiger partial charge in [-0.05, 0) is 42.8 Å². The Morgan fingerprint density at radius 1 is 1.12 bits per heavy atom. The molecule has 7 nitrogen and oxygen atoms in total. The van der Waals surface area contributed by atoms with Gasteiger partial charge in [0, 0.05) is 23.9 Å². The van der Waals surface area contributed by atoms with Crippen molar-refractivity contribution < 1.29 is 14.0 Å². The number of hydrogen-bond donors (Lipinski definition) is 2. The summed E-state index contributed by atoms with van der Waals surface area (Å²) in [4.78, 5) is 27.4. The second-order valence-corrected chi connectivity index (χ2v) is 5.67. The van der Waals surface area contributed by atoms with E-state index >= 15 is 0 Å². The van der Waals surface area contributed by atoms with Crippen molar-refractivity contribution in [3.8, 4) is 5.69 Å². The van der Waals surface area contributed by atoms with Crippen LogP contribution < -0.4 is 10.6 Å². The van der Waals surface area contributed by atoms with E-state index in [-0.39, 0.29) is 11.6 Å². The van der Waals surface area contributed by atoms with Crippen molar-refractivity contribution >= 4 is 23.2 Å². The summed E-state index contributed by atoms with van der Waals surface area (Å²) < 4.78 is 15.5. The third-order valence-corrected chi connectivity index (χ3v) is 3.68. The van der Waals surface area contributed by atoms with Crippen LogP contribution in [0.3, 0.4) is 0 Å². The van der Waals surface area contributed by atoms with Crippen LogP contribution in [0.2, 0.25) is 0 Å². The van der Waals surface area contributed by atoms with E-state index in [4.69, 9.17) is 0 Å². The van der Waals surface area contributed by atoms with Crippen LogP contribution in [0.5, 0.6) is 0 Å². The first-order chi connectivity index (χ1) is 12.4. The first-order valence-corrected chi connectivity index (χ1v) is 7.78. The smallest absolute Gasteiger partial charge is 0.255 e. The maximum atomic E-state index is 14.2. The molecule has 0 aliphatic heterocycles. The Morgan fingerprint density at radius 3 is 2.58 bits per heavy atom. The van der Waals surface area contributed by atoms with Crippen LogP contribution in [-0.4, -0.2) is 26.6 Å². The Kier molecular flexibility index (Phi) is 4.74. The second kappa shape index (κ2) is 7.14. The Balaban J connectivity index is 1.80. The van der Waals surface area contributed by atoms with Gasteiger partial charge in [-0.2, -0.15) is 5.10 Å². The minimum absolute atomic E-state index is 0.226. The highest BCUT2D eigenvalue weighted by molar-refractivity contribution is 6.05. The van der Waals surface area contributed by atoms with Gasteiger partial charge < -0.3 is 10.6 Å². The van der Waals surface area contributed by atoms with Gasteiger partial charge in [0.1, 0.15) is 18.3 Å². The van der Waals surface area contributed by atoms with Crippen LogP contribution in [0.4, 0.5) is 15.8 Å². The predicted molar refractivity (Wildman–Crippen MR) is 94.8 cm³/mol. The summed E-state index contributed by atoms with van der Waals surface area (Å²) in [6.07, 6.45) is 2.69. The van der Waals surface area contributed by atoms with Crippen LogP contribution in [0, 0.1) is 12.7 Å². The number of nitrogens with one attached hydrogen (secondary N) is 2. The van der Waals surface area contributed by atoms with Crippen molar-refractivity contribution in [3.05, 3.63) is 66.0 Å². The minimum atomic E-state index is -0.545. The molecule has 26 heavy (non-hydrogen) atoms. The number of anilines is 2. The fourth-order valence-electron chi connectivity index (χ4n) is 2.39. The molecule has 1 aromatic heterocycles. The third kappa shape index (κ3) is 3.75. The Morgan fingerprint density at radius 2 is 1.92 bits per heavy atom. The van der Waals surface area contributed by atoms with E-state index in [2.05, 4.69) is 20.7 Å². The van der Waals surface area contributed by atoms with Gasteiger partial charge in [-0.3, -0.25) is 9.59 Å². The molecule has 8 heteroatoms. The Bertz CT molecular complexity index is 970. The fourth-order valence-corrected chi connectivity index (χ4v) is 2.39. The second-order valence-electron chi connectivity index (χ2n) is 5.67. The average Bonchev–Trinajstić information content (AvgIpc) is 3.10. The van der Waals surface area contributed by atoms with E-state index in [0.717, 1.165) is 5.56 Å². The summed E-state index contributed by atoms with van der Waals surface area (Å²) in [5, 5.41) is 9.18. The fraction of sp³-hybridized carbons (Fsp3) is 0.111. The molecule has 0 unspecified atom stereocenters. The SMILES string of the molecule is CC(=O)Nc1cc(C(=O)Nc2ccc(-n3cncn3)c(F)c2)ccc1C. The lowest BCUT2D eigenvalue weighted by Gasteiger charge is -2.11. The van der Waals surface area contributed by atoms with Crippen molar-refractivity contribution in [2.24, 2.45) is 0 Å². The van der Waals surface area contributed by atoms with Gasteiger partial charge in [-0.1, -0.05) is 6.07 Å². The topological polar surface area (TPSA) is 88.9 Å². The molecule has 2 N–H and O–H groups in total. The predicted octanol–water partition coefficient (Wildman–Crippen LogP) is 2.93. The zero-order valence-corrected chi connectivity index (χ0v) is 14.2. The molecule has 2 amide bonds. The van der Waals surface area contributed by atoms with E-state index in [1.165, 1.54) is 36.4 Å². The molecule has 0 radical (unpaired) electrons. The molecule has 1 heterocycles. The molecule has 132 valence electrons. The Hall–Kier alpha value is -3.55. The van der Waals surface area contributed by atoms with Gasteiger partial charge in [-0.25, -0.2) is 14.1 Å². The molecule has 0 spiro atoms. The number of carbonyl (C=O) groups excluding carboxylic acids is 2. The number of aryl methyl sites for hydroxylation is 1. The highest BCUT2D eigenvalue weighted by Crippen LogP contribution is 2.20. The van der Waals surface area contributed by atoms with Crippen molar-refractivity contribution in [3.63, 3.8) is 0 Å². The summed E-state index contributed by atoms with van der Waals surface area (Å²) in [7, 11) is 0. The van der Waals surface area contributed by atoms with Gasteiger partial charge in [-0.15, -0.1) is 0 Å². The van der Waals surface area contributed by atoms with Gasteiger partial charge in [0.2, 0.25) is 5.91 Å². The van der Waals surface area contributed by atoms with Crippen LogP contribution in [0.1, 0.15) is 22.8 Å². The van der Waals surface area contributed by atoms with Crippen molar-refractivity contribution in [1.82, 2.24) is 14.8 Å². The number of carbonyl (C=O) groups is 2. The number of nitrogens with zero attached hydrogens (tertiary/aromatic N) is 3. The number of amides is 2. The Labute approximate surface area is 148 Å². The zero-order valence-electron chi connectivity index (χ0n) is 14.2. The summed E-state index contributed by atoms with van der Waals surface area (Å²) in [5.41, 5.74) is 2.26. The van der Waals surface area contributed by atoms with Crippen molar-refractivity contribution in [2.75, 3.05) is 10.6 Å². The molecule has 0 aliphatic carbocycles. The minimum Gasteiger partial charge on any atom is -0.326 e. The molecule has 2 aromatic carbocycles. The molecular weight excluding hydrogens is 337 g/mol. The van der Waals surface area contributed by atoms with Crippen LogP contribution in [0.25, 0.3) is 5.69 Å². The summed E-state index contributed by atoms with van der Waals surface area (Å²) in [6, 6.07) is 9.22. The normalized spacial score (nSPS) is 10.4. The molecule has 0 saturated heterocycles. The maximum absolute atomic E-state index is 14.2. The van der Waals surface area contributed by atoms with E-state index in [0.29, 0.717) is 16.9 Å². The molecule has 3 rings (SSSR count). The first-order valence-electron chi connectivity index (χ1n) is 7.78. The summed E-state index contributed by atoms with van der Waals surface area (Å²) in [6.45, 7) is 3.22. The summed E-state index contributed by atoms with van der Waals surface area (Å²) >= 11 is 0. The molecule has 0 fully saturated rings. The van der Waals surface area contributed by atoms with E-state index in [1.807, 2.05) is 6.92 Å².